The van der Waals surface area contributed by atoms with Gasteiger partial charge in [-0.25, -0.2) is 0 Å². The van der Waals surface area contributed by atoms with Gasteiger partial charge in [-0.3, -0.25) is 4.90 Å². The lowest BCUT2D eigenvalue weighted by atomic mass is 9.94. The third-order valence-electron chi connectivity index (χ3n) is 4.46. The fraction of sp³-hybridized carbons (Fsp3) is 0.667. The number of aryl methyl sites for hydroxylation is 2. The van der Waals surface area contributed by atoms with Crippen molar-refractivity contribution in [3.05, 3.63) is 29.3 Å². The first-order chi connectivity index (χ1) is 10.2. The molecule has 2 rings (SSSR count). The second-order valence-corrected chi connectivity index (χ2v) is 6.17. The smallest absolute Gasteiger partial charge is 0.122 e. The van der Waals surface area contributed by atoms with Crippen molar-refractivity contribution in [2.45, 2.75) is 52.0 Å². The van der Waals surface area contributed by atoms with Gasteiger partial charge in [0.2, 0.25) is 0 Å². The average molecular weight is 291 g/mol. The summed E-state index contributed by atoms with van der Waals surface area (Å²) in [7, 11) is 0. The van der Waals surface area contributed by atoms with Crippen molar-refractivity contribution in [2.75, 3.05) is 26.3 Å². The monoisotopic (exact) mass is 291 g/mol. The summed E-state index contributed by atoms with van der Waals surface area (Å²) in [5, 5.41) is 9.28. The van der Waals surface area contributed by atoms with Gasteiger partial charge in [0.25, 0.3) is 0 Å². The molecule has 0 aliphatic heterocycles. The predicted molar refractivity (Wildman–Crippen MR) is 86.9 cm³/mol. The molecular formula is C18H29NO2. The Morgan fingerprint density at radius 1 is 1.14 bits per heavy atom. The highest BCUT2D eigenvalue weighted by atomic mass is 16.5. The Bertz CT molecular complexity index is 427. The van der Waals surface area contributed by atoms with Crippen LogP contribution in [-0.4, -0.2) is 42.4 Å². The first kappa shape index (κ1) is 16.3. The quantitative estimate of drug-likeness (QED) is 0.836. The van der Waals surface area contributed by atoms with Gasteiger partial charge in [-0.2, -0.15) is 0 Å². The van der Waals surface area contributed by atoms with Crippen LogP contribution in [0, 0.1) is 13.8 Å². The lowest BCUT2D eigenvalue weighted by Gasteiger charge is -2.33. The minimum absolute atomic E-state index is 0.236. The lowest BCUT2D eigenvalue weighted by Crippen LogP contribution is -2.41. The van der Waals surface area contributed by atoms with Gasteiger partial charge < -0.3 is 9.84 Å². The summed E-state index contributed by atoms with van der Waals surface area (Å²) in [4.78, 5) is 2.41. The van der Waals surface area contributed by atoms with Crippen molar-refractivity contribution in [3.63, 3.8) is 0 Å². The van der Waals surface area contributed by atoms with Gasteiger partial charge in [0.05, 0.1) is 6.61 Å². The normalized spacial score (nSPS) is 16.4. The highest BCUT2D eigenvalue weighted by Gasteiger charge is 2.20. The fourth-order valence-electron chi connectivity index (χ4n) is 3.19. The zero-order valence-corrected chi connectivity index (χ0v) is 13.5. The van der Waals surface area contributed by atoms with Crippen molar-refractivity contribution in [3.8, 4) is 5.75 Å². The van der Waals surface area contributed by atoms with Gasteiger partial charge in [0.1, 0.15) is 12.4 Å². The molecule has 21 heavy (non-hydrogen) atoms. The zero-order valence-electron chi connectivity index (χ0n) is 13.5. The van der Waals surface area contributed by atoms with Gasteiger partial charge in [-0.15, -0.1) is 0 Å². The number of aliphatic hydroxyl groups is 1. The minimum Gasteiger partial charge on any atom is -0.492 e. The van der Waals surface area contributed by atoms with E-state index < -0.39 is 0 Å². The molecule has 3 nitrogen and oxygen atoms in total. The fourth-order valence-corrected chi connectivity index (χ4v) is 3.19. The van der Waals surface area contributed by atoms with Gasteiger partial charge in [0, 0.05) is 19.1 Å². The largest absolute Gasteiger partial charge is 0.492 e. The molecule has 0 radical (unpaired) electrons. The zero-order chi connectivity index (χ0) is 15.1. The van der Waals surface area contributed by atoms with E-state index in [4.69, 9.17) is 4.74 Å². The molecule has 1 N–H and O–H groups in total. The number of aliphatic hydroxyl groups excluding tert-OH is 1. The third-order valence-corrected chi connectivity index (χ3v) is 4.46. The van der Waals surface area contributed by atoms with Crippen LogP contribution in [0.2, 0.25) is 0 Å². The molecule has 0 saturated heterocycles. The first-order valence-electron chi connectivity index (χ1n) is 8.25. The van der Waals surface area contributed by atoms with E-state index in [0.29, 0.717) is 12.6 Å². The van der Waals surface area contributed by atoms with Gasteiger partial charge in [-0.05, 0) is 43.9 Å². The molecule has 0 unspecified atom stereocenters. The van der Waals surface area contributed by atoms with Crippen molar-refractivity contribution in [1.29, 1.82) is 0 Å². The van der Waals surface area contributed by atoms with E-state index in [0.717, 1.165) is 18.8 Å². The molecule has 1 aliphatic rings. The molecule has 1 fully saturated rings. The molecule has 1 saturated carbocycles. The molecule has 0 atom stereocenters. The Morgan fingerprint density at radius 3 is 2.62 bits per heavy atom. The summed E-state index contributed by atoms with van der Waals surface area (Å²) in [5.41, 5.74) is 2.42. The molecule has 1 aromatic rings. The average Bonchev–Trinajstić information content (AvgIpc) is 2.51. The minimum atomic E-state index is 0.236. The van der Waals surface area contributed by atoms with Crippen LogP contribution in [0.4, 0.5) is 0 Å². The molecule has 0 bridgehead atoms. The maximum atomic E-state index is 9.28. The van der Waals surface area contributed by atoms with Crippen LogP contribution >= 0.6 is 0 Å². The van der Waals surface area contributed by atoms with E-state index >= 15 is 0 Å². The molecule has 0 amide bonds. The molecule has 0 spiro atoms. The Hall–Kier alpha value is -1.06. The van der Waals surface area contributed by atoms with Crippen LogP contribution in [0.15, 0.2) is 18.2 Å². The van der Waals surface area contributed by atoms with E-state index in [2.05, 4.69) is 36.9 Å². The molecule has 0 heterocycles. The van der Waals surface area contributed by atoms with Gasteiger partial charge >= 0.3 is 0 Å². The van der Waals surface area contributed by atoms with E-state index in [1.165, 1.54) is 43.2 Å². The van der Waals surface area contributed by atoms with Crippen molar-refractivity contribution in [1.82, 2.24) is 4.90 Å². The van der Waals surface area contributed by atoms with Gasteiger partial charge in [0.15, 0.2) is 0 Å². The summed E-state index contributed by atoms with van der Waals surface area (Å²) in [5.74, 6) is 0.989. The van der Waals surface area contributed by atoms with Crippen LogP contribution in [-0.2, 0) is 0 Å². The number of benzene rings is 1. The summed E-state index contributed by atoms with van der Waals surface area (Å²) < 4.78 is 5.96. The number of hydrogen-bond acceptors (Lipinski definition) is 3. The van der Waals surface area contributed by atoms with E-state index in [-0.39, 0.29) is 6.61 Å². The van der Waals surface area contributed by atoms with Crippen LogP contribution in [0.1, 0.15) is 43.2 Å². The second-order valence-electron chi connectivity index (χ2n) is 6.17. The number of rotatable bonds is 7. The van der Waals surface area contributed by atoms with Crippen LogP contribution in [0.5, 0.6) is 5.75 Å². The number of nitrogens with zero attached hydrogens (tertiary/aromatic N) is 1. The van der Waals surface area contributed by atoms with Crippen LogP contribution in [0.25, 0.3) is 0 Å². The summed E-state index contributed by atoms with van der Waals surface area (Å²) in [6, 6.07) is 6.96. The summed E-state index contributed by atoms with van der Waals surface area (Å²) >= 11 is 0. The SMILES string of the molecule is Cc1ccc(C)c(OCCN(CCO)C2CCCCC2)c1. The Kier molecular flexibility index (Phi) is 6.52. The molecule has 1 aliphatic carbocycles. The molecule has 1 aromatic carbocycles. The highest BCUT2D eigenvalue weighted by molar-refractivity contribution is 5.35. The molecular weight excluding hydrogens is 262 g/mol. The van der Waals surface area contributed by atoms with E-state index in [1.54, 1.807) is 0 Å². The van der Waals surface area contributed by atoms with Gasteiger partial charge in [-0.1, -0.05) is 31.4 Å². The maximum absolute atomic E-state index is 9.28. The number of ether oxygens (including phenoxy) is 1. The van der Waals surface area contributed by atoms with Crippen LogP contribution < -0.4 is 4.74 Å². The highest BCUT2D eigenvalue weighted by Crippen LogP contribution is 2.23. The third kappa shape index (κ3) is 5.01. The van der Waals surface area contributed by atoms with Crippen LogP contribution in [0.3, 0.4) is 0 Å². The van der Waals surface area contributed by atoms with Crippen molar-refractivity contribution in [2.24, 2.45) is 0 Å². The Balaban J connectivity index is 1.85. The molecule has 0 aromatic heterocycles. The second kappa shape index (κ2) is 8.40. The van der Waals surface area contributed by atoms with Crippen molar-refractivity contribution >= 4 is 0 Å². The maximum Gasteiger partial charge on any atom is 0.122 e. The number of hydrogen-bond donors (Lipinski definition) is 1. The molecule has 118 valence electrons. The van der Waals surface area contributed by atoms with E-state index in [9.17, 15) is 5.11 Å². The Labute approximate surface area is 128 Å². The Morgan fingerprint density at radius 2 is 1.90 bits per heavy atom. The topological polar surface area (TPSA) is 32.7 Å². The predicted octanol–water partition coefficient (Wildman–Crippen LogP) is 3.31. The standard InChI is InChI=1S/C18H29NO2/c1-15-8-9-16(2)18(14-15)21-13-11-19(10-12-20)17-6-4-3-5-7-17/h8-9,14,17,20H,3-7,10-13H2,1-2H3. The lowest BCUT2D eigenvalue weighted by molar-refractivity contribution is 0.106. The molecule has 3 heteroatoms. The first-order valence-corrected chi connectivity index (χ1v) is 8.25. The summed E-state index contributed by atoms with van der Waals surface area (Å²) in [6.07, 6.45) is 6.55. The van der Waals surface area contributed by atoms with Crippen molar-refractivity contribution < 1.29 is 9.84 Å². The van der Waals surface area contributed by atoms with E-state index in [1.807, 2.05) is 0 Å². The summed E-state index contributed by atoms with van der Waals surface area (Å²) in [6.45, 7) is 6.77.